The maximum Gasteiger partial charge on any atom is 0.407 e. The van der Waals surface area contributed by atoms with Crippen molar-refractivity contribution in [2.75, 3.05) is 32.5 Å². The number of pyridine rings is 1. The van der Waals surface area contributed by atoms with Crippen LogP contribution in [0.5, 0.6) is 5.75 Å². The second kappa shape index (κ2) is 6.71. The summed E-state index contributed by atoms with van der Waals surface area (Å²) in [5.41, 5.74) is 10.9. The smallest absolute Gasteiger partial charge is 0.407 e. The molecule has 2 aliphatic heterocycles. The molecule has 8 nitrogen and oxygen atoms in total. The van der Waals surface area contributed by atoms with E-state index in [2.05, 4.69) is 10.5 Å². The molecular weight excluding hydrogens is 348 g/mol. The van der Waals surface area contributed by atoms with Crippen molar-refractivity contribution in [1.82, 2.24) is 15.4 Å². The SMILES string of the molecule is COc1ccc(C(c2cc(N)ccn2)C23CN(C(=O)O)CC2CON3)cc1. The summed E-state index contributed by atoms with van der Waals surface area (Å²) in [4.78, 5) is 23.2. The van der Waals surface area contributed by atoms with Gasteiger partial charge in [0.25, 0.3) is 0 Å². The molecule has 1 aromatic carbocycles. The van der Waals surface area contributed by atoms with Crippen LogP contribution in [0.25, 0.3) is 0 Å². The molecule has 142 valence electrons. The molecule has 2 aliphatic rings. The summed E-state index contributed by atoms with van der Waals surface area (Å²) in [5, 5.41) is 9.52. The molecule has 3 unspecified atom stereocenters. The lowest BCUT2D eigenvalue weighted by atomic mass is 9.72. The van der Waals surface area contributed by atoms with E-state index in [9.17, 15) is 9.90 Å². The molecule has 3 heterocycles. The van der Waals surface area contributed by atoms with E-state index in [1.165, 1.54) is 4.90 Å². The van der Waals surface area contributed by atoms with Gasteiger partial charge in [0.1, 0.15) is 5.75 Å². The van der Waals surface area contributed by atoms with Crippen LogP contribution in [0.2, 0.25) is 0 Å². The van der Waals surface area contributed by atoms with Crippen LogP contribution in [0.4, 0.5) is 10.5 Å². The molecule has 27 heavy (non-hydrogen) atoms. The van der Waals surface area contributed by atoms with Crippen molar-refractivity contribution in [3.05, 3.63) is 53.9 Å². The Hall–Kier alpha value is -2.84. The summed E-state index contributed by atoms with van der Waals surface area (Å²) in [6.45, 7) is 1.16. The Morgan fingerprint density at radius 1 is 1.44 bits per heavy atom. The first-order chi connectivity index (χ1) is 13.0. The molecule has 2 aromatic rings. The number of aromatic nitrogens is 1. The third kappa shape index (κ3) is 2.96. The number of nitrogens with zero attached hydrogens (tertiary/aromatic N) is 2. The number of likely N-dealkylation sites (tertiary alicyclic amines) is 1. The van der Waals surface area contributed by atoms with Crippen LogP contribution in [0.3, 0.4) is 0 Å². The summed E-state index contributed by atoms with van der Waals surface area (Å²) >= 11 is 0. The molecule has 0 saturated carbocycles. The highest BCUT2D eigenvalue weighted by molar-refractivity contribution is 5.66. The van der Waals surface area contributed by atoms with Crippen LogP contribution >= 0.6 is 0 Å². The summed E-state index contributed by atoms with van der Waals surface area (Å²) in [7, 11) is 1.62. The molecule has 2 fully saturated rings. The number of hydrogen-bond acceptors (Lipinski definition) is 6. The average Bonchev–Trinajstić information content (AvgIpc) is 3.20. The van der Waals surface area contributed by atoms with Gasteiger partial charge in [0.15, 0.2) is 0 Å². The van der Waals surface area contributed by atoms with E-state index in [1.54, 1.807) is 19.4 Å². The molecule has 4 N–H and O–H groups in total. The highest BCUT2D eigenvalue weighted by atomic mass is 16.7. The van der Waals surface area contributed by atoms with Crippen molar-refractivity contribution in [1.29, 1.82) is 0 Å². The molecule has 0 spiro atoms. The first-order valence-electron chi connectivity index (χ1n) is 8.75. The van der Waals surface area contributed by atoms with Crippen molar-refractivity contribution in [2.24, 2.45) is 5.92 Å². The molecule has 1 amide bonds. The summed E-state index contributed by atoms with van der Waals surface area (Å²) in [6, 6.07) is 11.3. The lowest BCUT2D eigenvalue weighted by Gasteiger charge is -2.36. The number of anilines is 1. The van der Waals surface area contributed by atoms with Gasteiger partial charge in [0.2, 0.25) is 0 Å². The number of nitrogens with two attached hydrogens (primary N) is 1. The maximum atomic E-state index is 11.6. The third-order valence-corrected chi connectivity index (χ3v) is 5.50. The van der Waals surface area contributed by atoms with Gasteiger partial charge in [-0.15, -0.1) is 0 Å². The van der Waals surface area contributed by atoms with Gasteiger partial charge >= 0.3 is 6.09 Å². The summed E-state index contributed by atoms with van der Waals surface area (Å²) < 4.78 is 5.27. The van der Waals surface area contributed by atoms with E-state index in [4.69, 9.17) is 15.3 Å². The minimum Gasteiger partial charge on any atom is -0.497 e. The Morgan fingerprint density at radius 3 is 2.89 bits per heavy atom. The zero-order valence-corrected chi connectivity index (χ0v) is 15.0. The fourth-order valence-corrected chi connectivity index (χ4v) is 4.22. The molecule has 1 aromatic heterocycles. The molecule has 4 rings (SSSR count). The van der Waals surface area contributed by atoms with E-state index >= 15 is 0 Å². The van der Waals surface area contributed by atoms with E-state index in [1.807, 2.05) is 30.3 Å². The number of nitrogens with one attached hydrogen (secondary N) is 1. The number of carbonyl (C=O) groups is 1. The topological polar surface area (TPSA) is 110 Å². The van der Waals surface area contributed by atoms with Gasteiger partial charge in [-0.3, -0.25) is 4.98 Å². The van der Waals surface area contributed by atoms with Crippen LogP contribution in [-0.4, -0.2) is 53.4 Å². The molecule has 0 bridgehead atoms. The van der Waals surface area contributed by atoms with Crippen LogP contribution in [-0.2, 0) is 4.84 Å². The van der Waals surface area contributed by atoms with Gasteiger partial charge in [0.05, 0.1) is 24.9 Å². The van der Waals surface area contributed by atoms with Crippen LogP contribution < -0.4 is 16.0 Å². The van der Waals surface area contributed by atoms with Gasteiger partial charge in [-0.2, -0.15) is 5.48 Å². The van der Waals surface area contributed by atoms with Gasteiger partial charge in [-0.1, -0.05) is 12.1 Å². The zero-order chi connectivity index (χ0) is 19.0. The number of hydrogen-bond donors (Lipinski definition) is 3. The lowest BCUT2D eigenvalue weighted by Crippen LogP contribution is -2.52. The highest BCUT2D eigenvalue weighted by Gasteiger charge is 2.57. The number of amides is 1. The van der Waals surface area contributed by atoms with Crippen molar-refractivity contribution >= 4 is 11.8 Å². The number of methoxy groups -OCH3 is 1. The Labute approximate surface area is 156 Å². The number of fused-ring (bicyclic) bond motifs is 1. The third-order valence-electron chi connectivity index (χ3n) is 5.50. The summed E-state index contributed by atoms with van der Waals surface area (Å²) in [5.74, 6) is 0.522. The van der Waals surface area contributed by atoms with Crippen LogP contribution in [0, 0.1) is 5.92 Å². The van der Waals surface area contributed by atoms with Crippen molar-refractivity contribution < 1.29 is 19.5 Å². The van der Waals surface area contributed by atoms with Crippen molar-refractivity contribution in [3.63, 3.8) is 0 Å². The first kappa shape index (κ1) is 17.6. The lowest BCUT2D eigenvalue weighted by molar-refractivity contribution is 0.0438. The molecule has 2 saturated heterocycles. The Bertz CT molecular complexity index is 844. The van der Waals surface area contributed by atoms with Crippen LogP contribution in [0.15, 0.2) is 42.6 Å². The predicted molar refractivity (Wildman–Crippen MR) is 98.4 cm³/mol. The number of benzene rings is 1. The number of carboxylic acid groups (broad SMARTS) is 1. The Kier molecular flexibility index (Phi) is 4.37. The zero-order valence-electron chi connectivity index (χ0n) is 15.0. The normalized spacial score (nSPS) is 25.2. The van der Waals surface area contributed by atoms with Crippen LogP contribution in [0.1, 0.15) is 17.2 Å². The largest absolute Gasteiger partial charge is 0.497 e. The molecule has 3 atom stereocenters. The quantitative estimate of drug-likeness (QED) is 0.751. The standard InChI is InChI=1S/C19H22N4O4/c1-26-15-4-2-12(3-5-15)17(16-8-14(20)6-7-21-16)19-11-23(18(24)25)9-13(19)10-27-22-19/h2-8,13,17,22H,9-11H2,1H3,(H2,20,21)(H,24,25). The number of rotatable bonds is 4. The second-order valence-electron chi connectivity index (χ2n) is 7.03. The van der Waals surface area contributed by atoms with Gasteiger partial charge in [0, 0.05) is 36.8 Å². The fourth-order valence-electron chi connectivity index (χ4n) is 4.22. The minimum atomic E-state index is -0.931. The van der Waals surface area contributed by atoms with E-state index < -0.39 is 11.6 Å². The second-order valence-corrected chi connectivity index (χ2v) is 7.03. The monoisotopic (exact) mass is 370 g/mol. The molecule has 0 aliphatic carbocycles. The minimum absolute atomic E-state index is 0.00364. The summed E-state index contributed by atoms with van der Waals surface area (Å²) in [6.07, 6.45) is 0.742. The molecular formula is C19H22N4O4. The van der Waals surface area contributed by atoms with Crippen molar-refractivity contribution in [2.45, 2.75) is 11.5 Å². The fraction of sp³-hybridized carbons (Fsp3) is 0.368. The average molecular weight is 370 g/mol. The molecule has 0 radical (unpaired) electrons. The Morgan fingerprint density at radius 2 is 2.22 bits per heavy atom. The maximum absolute atomic E-state index is 11.6. The van der Waals surface area contributed by atoms with E-state index in [-0.39, 0.29) is 11.8 Å². The van der Waals surface area contributed by atoms with Gasteiger partial charge in [-0.05, 0) is 29.8 Å². The highest BCUT2D eigenvalue weighted by Crippen LogP contribution is 2.46. The Balaban J connectivity index is 1.83. The molecule has 8 heteroatoms. The van der Waals surface area contributed by atoms with E-state index in [0.717, 1.165) is 17.0 Å². The van der Waals surface area contributed by atoms with Gasteiger partial charge < -0.3 is 25.3 Å². The first-order valence-corrected chi connectivity index (χ1v) is 8.75. The number of ether oxygens (including phenoxy) is 1. The number of hydroxylamine groups is 1. The number of nitrogen functional groups attached to an aromatic ring is 1. The van der Waals surface area contributed by atoms with E-state index in [0.29, 0.717) is 25.4 Å². The predicted octanol–water partition coefficient (Wildman–Crippen LogP) is 1.69. The van der Waals surface area contributed by atoms with Gasteiger partial charge in [-0.25, -0.2) is 4.79 Å². The van der Waals surface area contributed by atoms with Crippen molar-refractivity contribution in [3.8, 4) is 5.75 Å².